The second-order valence-corrected chi connectivity index (χ2v) is 6.52. The van der Waals surface area contributed by atoms with Gasteiger partial charge in [-0.25, -0.2) is 13.2 Å². The molecule has 0 saturated carbocycles. The van der Waals surface area contributed by atoms with E-state index in [-0.39, 0.29) is 10.5 Å². The summed E-state index contributed by atoms with van der Waals surface area (Å²) in [4.78, 5) is 12.1. The molecule has 1 aromatic heterocycles. The van der Waals surface area contributed by atoms with Gasteiger partial charge in [0.25, 0.3) is 0 Å². The molecule has 0 unspecified atom stereocenters. The largest absolute Gasteiger partial charge is 0.422 e. The summed E-state index contributed by atoms with van der Waals surface area (Å²) >= 11 is 0. The van der Waals surface area contributed by atoms with Gasteiger partial charge in [0.15, 0.2) is 9.84 Å². The molecule has 3 rings (SSSR count). The normalized spacial score (nSPS) is 12.0. The van der Waals surface area contributed by atoms with Crippen LogP contribution < -0.4 is 5.63 Å². The van der Waals surface area contributed by atoms with Gasteiger partial charge in [-0.15, -0.1) is 0 Å². The Balaban J connectivity index is 2.03. The molecule has 110 valence electrons. The maximum absolute atomic E-state index is 12.2. The Morgan fingerprint density at radius 3 is 2.36 bits per heavy atom. The first kappa shape index (κ1) is 14.3. The average Bonchev–Trinajstić information content (AvgIpc) is 2.54. The fraction of sp³-hybridized carbons (Fsp3) is 0. The minimum atomic E-state index is -3.59. The van der Waals surface area contributed by atoms with Crippen LogP contribution in [-0.4, -0.2) is 8.42 Å². The monoisotopic (exact) mass is 312 g/mol. The summed E-state index contributed by atoms with van der Waals surface area (Å²) in [6, 6.07) is 16.7. The highest BCUT2D eigenvalue weighted by Gasteiger charge is 2.10. The summed E-state index contributed by atoms with van der Waals surface area (Å²) in [5, 5.41) is 1.75. The molecule has 2 aromatic carbocycles. The van der Waals surface area contributed by atoms with Gasteiger partial charge in [0.2, 0.25) is 0 Å². The Kier molecular flexibility index (Phi) is 3.65. The van der Waals surface area contributed by atoms with Gasteiger partial charge in [0.05, 0.1) is 10.5 Å². The molecule has 0 saturated heterocycles. The maximum atomic E-state index is 12.2. The average molecular weight is 312 g/mol. The predicted molar refractivity (Wildman–Crippen MR) is 85.1 cm³/mol. The smallest absolute Gasteiger partial charge is 0.343 e. The van der Waals surface area contributed by atoms with Gasteiger partial charge in [-0.1, -0.05) is 36.4 Å². The van der Waals surface area contributed by atoms with E-state index in [0.29, 0.717) is 5.58 Å². The van der Waals surface area contributed by atoms with Gasteiger partial charge in [0, 0.05) is 10.8 Å². The molecule has 0 spiro atoms. The number of para-hydroxylation sites is 1. The van der Waals surface area contributed by atoms with Gasteiger partial charge in [-0.2, -0.15) is 0 Å². The van der Waals surface area contributed by atoms with Crippen LogP contribution in [0.5, 0.6) is 0 Å². The van der Waals surface area contributed by atoms with Gasteiger partial charge in [0.1, 0.15) is 5.58 Å². The summed E-state index contributed by atoms with van der Waals surface area (Å²) in [5.74, 6) is 0. The fourth-order valence-electron chi connectivity index (χ4n) is 2.05. The molecule has 0 radical (unpaired) electrons. The molecule has 0 atom stereocenters. The maximum Gasteiger partial charge on any atom is 0.343 e. The second kappa shape index (κ2) is 5.61. The third-order valence-electron chi connectivity index (χ3n) is 3.17. The molecule has 0 aliphatic heterocycles. The molecule has 0 N–H and O–H groups in total. The lowest BCUT2D eigenvalue weighted by Crippen LogP contribution is -2.03. The number of benzene rings is 2. The van der Waals surface area contributed by atoms with Crippen molar-refractivity contribution in [2.45, 2.75) is 4.90 Å². The first-order valence-corrected chi connectivity index (χ1v) is 8.12. The van der Waals surface area contributed by atoms with Crippen molar-refractivity contribution in [1.82, 2.24) is 0 Å². The van der Waals surface area contributed by atoms with Crippen molar-refractivity contribution in [2.75, 3.05) is 0 Å². The molecule has 0 aliphatic carbocycles. The Morgan fingerprint density at radius 2 is 1.59 bits per heavy atom. The minimum absolute atomic E-state index is 0.177. The Hall–Kier alpha value is -2.66. The highest BCUT2D eigenvalue weighted by Crippen LogP contribution is 2.16. The van der Waals surface area contributed by atoms with Crippen LogP contribution in [-0.2, 0) is 9.84 Å². The summed E-state index contributed by atoms with van der Waals surface area (Å²) in [7, 11) is -3.59. The molecule has 4 nitrogen and oxygen atoms in total. The minimum Gasteiger partial charge on any atom is -0.422 e. The van der Waals surface area contributed by atoms with Crippen LogP contribution >= 0.6 is 0 Å². The van der Waals surface area contributed by atoms with Gasteiger partial charge >= 0.3 is 5.63 Å². The lowest BCUT2D eigenvalue weighted by Gasteiger charge is -1.99. The van der Waals surface area contributed by atoms with Crippen molar-refractivity contribution in [2.24, 2.45) is 0 Å². The fourth-order valence-corrected chi connectivity index (χ4v) is 3.07. The van der Waals surface area contributed by atoms with E-state index < -0.39 is 15.5 Å². The lowest BCUT2D eigenvalue weighted by atomic mass is 10.2. The van der Waals surface area contributed by atoms with Crippen molar-refractivity contribution in [1.29, 1.82) is 0 Å². The lowest BCUT2D eigenvalue weighted by molar-refractivity contribution is 0.559. The Bertz CT molecular complexity index is 1000. The Morgan fingerprint density at radius 1 is 0.909 bits per heavy atom. The first-order chi connectivity index (χ1) is 10.6. The van der Waals surface area contributed by atoms with Crippen LogP contribution in [0.25, 0.3) is 17.0 Å². The molecule has 0 amide bonds. The van der Waals surface area contributed by atoms with Crippen molar-refractivity contribution in [3.05, 3.63) is 82.1 Å². The van der Waals surface area contributed by atoms with Crippen LogP contribution in [0, 0.1) is 0 Å². The van der Waals surface area contributed by atoms with Crippen LogP contribution in [0.4, 0.5) is 0 Å². The van der Waals surface area contributed by atoms with Crippen LogP contribution in [0.3, 0.4) is 0 Å². The van der Waals surface area contributed by atoms with E-state index in [2.05, 4.69) is 0 Å². The zero-order chi connectivity index (χ0) is 15.6. The number of hydrogen-bond donors (Lipinski definition) is 0. The molecule has 0 fully saturated rings. The standard InChI is InChI=1S/C17H12O4S/c18-17-14(12-13-6-4-5-9-16(13)21-17)10-11-22(19,20)15-7-2-1-3-8-15/h1-12H/b11-10+. The molecule has 0 bridgehead atoms. The molecule has 3 aromatic rings. The number of rotatable bonds is 3. The van der Waals surface area contributed by atoms with E-state index in [1.165, 1.54) is 18.2 Å². The molecular formula is C17H12O4S. The molecule has 0 aliphatic rings. The molecule has 5 heteroatoms. The topological polar surface area (TPSA) is 64.3 Å². The van der Waals surface area contributed by atoms with E-state index >= 15 is 0 Å². The second-order valence-electron chi connectivity index (χ2n) is 4.69. The van der Waals surface area contributed by atoms with E-state index in [1.807, 2.05) is 6.07 Å². The zero-order valence-corrected chi connectivity index (χ0v) is 12.3. The highest BCUT2D eigenvalue weighted by molar-refractivity contribution is 7.94. The number of sulfone groups is 1. The van der Waals surface area contributed by atoms with E-state index in [1.54, 1.807) is 42.5 Å². The molecular weight excluding hydrogens is 300 g/mol. The van der Waals surface area contributed by atoms with Crippen molar-refractivity contribution in [3.8, 4) is 0 Å². The van der Waals surface area contributed by atoms with E-state index in [9.17, 15) is 13.2 Å². The van der Waals surface area contributed by atoms with Crippen molar-refractivity contribution < 1.29 is 12.8 Å². The first-order valence-electron chi connectivity index (χ1n) is 6.57. The Labute approximate surface area is 127 Å². The van der Waals surface area contributed by atoms with Gasteiger partial charge in [-0.3, -0.25) is 0 Å². The quantitative estimate of drug-likeness (QED) is 0.696. The molecule has 22 heavy (non-hydrogen) atoms. The summed E-state index contributed by atoms with van der Waals surface area (Å²) in [5.41, 5.74) is 0.0898. The van der Waals surface area contributed by atoms with Gasteiger partial charge < -0.3 is 4.42 Å². The number of fused-ring (bicyclic) bond motifs is 1. The third-order valence-corrected chi connectivity index (χ3v) is 4.59. The van der Waals surface area contributed by atoms with Crippen molar-refractivity contribution >= 4 is 26.9 Å². The van der Waals surface area contributed by atoms with Crippen LogP contribution in [0.1, 0.15) is 5.56 Å². The van der Waals surface area contributed by atoms with E-state index in [0.717, 1.165) is 10.8 Å². The molecule has 1 heterocycles. The van der Waals surface area contributed by atoms with Gasteiger partial charge in [-0.05, 0) is 30.3 Å². The SMILES string of the molecule is O=c1oc2ccccc2cc1/C=C/S(=O)(=O)c1ccccc1. The van der Waals surface area contributed by atoms with Crippen molar-refractivity contribution in [3.63, 3.8) is 0 Å². The summed E-state index contributed by atoms with van der Waals surface area (Å²) in [6.07, 6.45) is 1.26. The number of hydrogen-bond acceptors (Lipinski definition) is 4. The van der Waals surface area contributed by atoms with Crippen LogP contribution in [0.2, 0.25) is 0 Å². The highest BCUT2D eigenvalue weighted by atomic mass is 32.2. The summed E-state index contributed by atoms with van der Waals surface area (Å²) in [6.45, 7) is 0. The summed E-state index contributed by atoms with van der Waals surface area (Å²) < 4.78 is 29.5. The van der Waals surface area contributed by atoms with E-state index in [4.69, 9.17) is 4.42 Å². The predicted octanol–water partition coefficient (Wildman–Crippen LogP) is 3.24. The zero-order valence-electron chi connectivity index (χ0n) is 11.5. The van der Waals surface area contributed by atoms with Crippen LogP contribution in [0.15, 0.2) is 80.2 Å². The third kappa shape index (κ3) is 2.84.